The molecule has 1 saturated carbocycles. The topological polar surface area (TPSA) is 34.1 Å². The monoisotopic (exact) mass is 234 g/mol. The van der Waals surface area contributed by atoms with E-state index in [9.17, 15) is 0 Å². The highest BCUT2D eigenvalue weighted by Crippen LogP contribution is 2.21. The Morgan fingerprint density at radius 3 is 2.94 bits per heavy atom. The highest BCUT2D eigenvalue weighted by atomic mass is 16.5. The van der Waals surface area contributed by atoms with Crippen LogP contribution in [0.3, 0.4) is 0 Å². The van der Waals surface area contributed by atoms with Crippen molar-refractivity contribution in [2.75, 3.05) is 7.05 Å². The van der Waals surface area contributed by atoms with Crippen LogP contribution in [0, 0.1) is 6.92 Å². The van der Waals surface area contributed by atoms with Gasteiger partial charge in [0.05, 0.1) is 18.4 Å². The lowest BCUT2D eigenvalue weighted by Crippen LogP contribution is -2.41. The molecule has 0 bridgehead atoms. The van der Waals surface area contributed by atoms with Crippen molar-refractivity contribution in [1.82, 2.24) is 10.3 Å². The van der Waals surface area contributed by atoms with Crippen LogP contribution in [0.2, 0.25) is 0 Å². The van der Waals surface area contributed by atoms with E-state index in [1.165, 1.54) is 19.3 Å². The van der Waals surface area contributed by atoms with Crippen LogP contribution in [-0.2, 0) is 11.3 Å². The van der Waals surface area contributed by atoms with Crippen molar-refractivity contribution in [2.24, 2.45) is 0 Å². The molecule has 94 valence electrons. The zero-order chi connectivity index (χ0) is 12.1. The predicted octanol–water partition coefficient (Wildman–Crippen LogP) is 2.44. The van der Waals surface area contributed by atoms with Crippen molar-refractivity contribution < 1.29 is 4.74 Å². The maximum Gasteiger partial charge on any atom is 0.0892 e. The lowest BCUT2D eigenvalue weighted by Gasteiger charge is -2.31. The van der Waals surface area contributed by atoms with Gasteiger partial charge in [0.2, 0.25) is 0 Å². The molecular formula is C14H22N2O. The molecule has 1 heterocycles. The summed E-state index contributed by atoms with van der Waals surface area (Å²) in [6.07, 6.45) is 5.33. The molecule has 0 aliphatic heterocycles. The SMILES string of the molecule is CNC1CCCCC1OCc1cccc(C)n1. The van der Waals surface area contributed by atoms with Gasteiger partial charge >= 0.3 is 0 Å². The molecule has 2 rings (SSSR count). The molecular weight excluding hydrogens is 212 g/mol. The van der Waals surface area contributed by atoms with E-state index in [1.54, 1.807) is 0 Å². The first-order valence-electron chi connectivity index (χ1n) is 6.51. The smallest absolute Gasteiger partial charge is 0.0892 e. The van der Waals surface area contributed by atoms with Crippen LogP contribution in [0.25, 0.3) is 0 Å². The second-order valence-electron chi connectivity index (χ2n) is 4.80. The minimum absolute atomic E-state index is 0.344. The Morgan fingerprint density at radius 2 is 2.18 bits per heavy atom. The predicted molar refractivity (Wildman–Crippen MR) is 68.9 cm³/mol. The minimum atomic E-state index is 0.344. The molecule has 1 aliphatic carbocycles. The van der Waals surface area contributed by atoms with E-state index in [1.807, 2.05) is 32.2 Å². The zero-order valence-electron chi connectivity index (χ0n) is 10.8. The molecule has 3 heteroatoms. The van der Waals surface area contributed by atoms with Crippen molar-refractivity contribution in [1.29, 1.82) is 0 Å². The summed E-state index contributed by atoms with van der Waals surface area (Å²) in [6.45, 7) is 2.64. The van der Waals surface area contributed by atoms with Gasteiger partial charge < -0.3 is 10.1 Å². The van der Waals surface area contributed by atoms with Gasteiger partial charge in [-0.1, -0.05) is 18.9 Å². The number of pyridine rings is 1. The Morgan fingerprint density at radius 1 is 1.35 bits per heavy atom. The van der Waals surface area contributed by atoms with E-state index < -0.39 is 0 Å². The maximum atomic E-state index is 6.00. The molecule has 0 aromatic carbocycles. The van der Waals surface area contributed by atoms with Crippen LogP contribution in [0.1, 0.15) is 37.1 Å². The minimum Gasteiger partial charge on any atom is -0.370 e. The summed E-state index contributed by atoms with van der Waals surface area (Å²) in [5, 5.41) is 3.36. The van der Waals surface area contributed by atoms with Crippen LogP contribution in [0.5, 0.6) is 0 Å². The number of ether oxygens (including phenoxy) is 1. The second kappa shape index (κ2) is 6.12. The molecule has 0 saturated heterocycles. The first-order valence-corrected chi connectivity index (χ1v) is 6.51. The lowest BCUT2D eigenvalue weighted by atomic mass is 9.92. The van der Waals surface area contributed by atoms with Gasteiger partial charge in [-0.05, 0) is 38.9 Å². The molecule has 0 spiro atoms. The van der Waals surface area contributed by atoms with Gasteiger partial charge in [-0.2, -0.15) is 0 Å². The van der Waals surface area contributed by atoms with Gasteiger partial charge in [-0.25, -0.2) is 0 Å². The second-order valence-corrected chi connectivity index (χ2v) is 4.80. The van der Waals surface area contributed by atoms with Crippen molar-refractivity contribution in [3.05, 3.63) is 29.6 Å². The molecule has 0 amide bonds. The summed E-state index contributed by atoms with van der Waals surface area (Å²) in [7, 11) is 2.03. The van der Waals surface area contributed by atoms with E-state index in [0.717, 1.165) is 17.8 Å². The summed E-state index contributed by atoms with van der Waals surface area (Å²) >= 11 is 0. The number of hydrogen-bond acceptors (Lipinski definition) is 3. The Bertz CT molecular complexity index is 354. The first kappa shape index (κ1) is 12.5. The highest BCUT2D eigenvalue weighted by molar-refractivity contribution is 5.09. The normalized spacial score (nSPS) is 24.8. The molecule has 1 aromatic heterocycles. The maximum absolute atomic E-state index is 6.00. The Kier molecular flexibility index (Phi) is 4.51. The first-order chi connectivity index (χ1) is 8.29. The van der Waals surface area contributed by atoms with Crippen molar-refractivity contribution in [3.8, 4) is 0 Å². The molecule has 1 N–H and O–H groups in total. The average Bonchev–Trinajstić information content (AvgIpc) is 2.37. The number of nitrogens with one attached hydrogen (secondary N) is 1. The average molecular weight is 234 g/mol. The van der Waals surface area contributed by atoms with Crippen LogP contribution >= 0.6 is 0 Å². The van der Waals surface area contributed by atoms with Crippen molar-refractivity contribution in [2.45, 2.75) is 51.4 Å². The summed E-state index contributed by atoms with van der Waals surface area (Å²) in [4.78, 5) is 4.46. The van der Waals surface area contributed by atoms with Gasteiger partial charge in [0.15, 0.2) is 0 Å². The largest absolute Gasteiger partial charge is 0.370 e. The quantitative estimate of drug-likeness (QED) is 0.869. The van der Waals surface area contributed by atoms with Crippen molar-refractivity contribution >= 4 is 0 Å². The highest BCUT2D eigenvalue weighted by Gasteiger charge is 2.24. The number of likely N-dealkylation sites (N-methyl/N-ethyl adjacent to an activating group) is 1. The number of rotatable bonds is 4. The molecule has 17 heavy (non-hydrogen) atoms. The Balaban J connectivity index is 1.88. The summed E-state index contributed by atoms with van der Waals surface area (Å²) in [6, 6.07) is 6.59. The van der Waals surface area contributed by atoms with E-state index >= 15 is 0 Å². The number of aryl methyl sites for hydroxylation is 1. The summed E-state index contributed by atoms with van der Waals surface area (Å²) < 4.78 is 6.00. The molecule has 1 aromatic rings. The molecule has 2 unspecified atom stereocenters. The summed E-state index contributed by atoms with van der Waals surface area (Å²) in [5.74, 6) is 0. The molecule has 2 atom stereocenters. The van der Waals surface area contributed by atoms with Crippen molar-refractivity contribution in [3.63, 3.8) is 0 Å². The standard InChI is InChI=1S/C14H22N2O/c1-11-6-5-7-12(16-11)10-17-14-9-4-3-8-13(14)15-2/h5-7,13-15H,3-4,8-10H2,1-2H3. The van der Waals surface area contributed by atoms with E-state index in [2.05, 4.69) is 10.3 Å². The zero-order valence-corrected chi connectivity index (χ0v) is 10.8. The fraction of sp³-hybridized carbons (Fsp3) is 0.643. The molecule has 1 fully saturated rings. The lowest BCUT2D eigenvalue weighted by molar-refractivity contribution is -0.00504. The van der Waals surface area contributed by atoms with Crippen LogP contribution in [0.4, 0.5) is 0 Å². The third kappa shape index (κ3) is 3.51. The van der Waals surface area contributed by atoms with E-state index in [-0.39, 0.29) is 0 Å². The van der Waals surface area contributed by atoms with Gasteiger partial charge in [-0.15, -0.1) is 0 Å². The third-order valence-corrected chi connectivity index (χ3v) is 3.46. The Hall–Kier alpha value is -0.930. The fourth-order valence-corrected chi connectivity index (χ4v) is 2.50. The Labute approximate surface area is 104 Å². The molecule has 1 aliphatic rings. The third-order valence-electron chi connectivity index (χ3n) is 3.46. The summed E-state index contributed by atoms with van der Waals surface area (Å²) in [5.41, 5.74) is 2.09. The number of hydrogen-bond donors (Lipinski definition) is 1. The number of aromatic nitrogens is 1. The van der Waals surface area contributed by atoms with Crippen LogP contribution in [0.15, 0.2) is 18.2 Å². The van der Waals surface area contributed by atoms with Gasteiger partial charge in [0.25, 0.3) is 0 Å². The number of nitrogens with zero attached hydrogens (tertiary/aromatic N) is 1. The van der Waals surface area contributed by atoms with Gasteiger partial charge in [0.1, 0.15) is 0 Å². The fourth-order valence-electron chi connectivity index (χ4n) is 2.50. The van der Waals surface area contributed by atoms with E-state index in [0.29, 0.717) is 18.8 Å². The van der Waals surface area contributed by atoms with Gasteiger partial charge in [0, 0.05) is 11.7 Å². The van der Waals surface area contributed by atoms with Crippen LogP contribution in [-0.4, -0.2) is 24.2 Å². The van der Waals surface area contributed by atoms with Gasteiger partial charge in [-0.3, -0.25) is 4.98 Å². The molecule has 3 nitrogen and oxygen atoms in total. The van der Waals surface area contributed by atoms with E-state index in [4.69, 9.17) is 4.74 Å². The van der Waals surface area contributed by atoms with Crippen LogP contribution < -0.4 is 5.32 Å². The molecule has 0 radical (unpaired) electrons.